The molecule has 0 unspecified atom stereocenters. The van der Waals surface area contributed by atoms with Gasteiger partial charge in [0, 0.05) is 22.0 Å². The molecule has 0 aliphatic rings. The number of sulfone groups is 1. The van der Waals surface area contributed by atoms with Crippen LogP contribution in [0.2, 0.25) is 0 Å². The number of carbonyl (C=O) groups excluding carboxylic acids is 2. The molecule has 7 heteroatoms. The summed E-state index contributed by atoms with van der Waals surface area (Å²) in [6.07, 6.45) is -0.216. The standard InChI is InChI=1S/C22H18BrNO4S/c23-17-11-12-20(19(15-17)22(26)16-7-3-1-4-8-16)24-21(25)13-14-29(27,28)18-9-5-2-6-10-18/h1-12,15H,13-14H2,(H,24,25). The fraction of sp³-hybridized carbons (Fsp3) is 0.0909. The summed E-state index contributed by atoms with van der Waals surface area (Å²) in [6, 6.07) is 21.7. The van der Waals surface area contributed by atoms with Crippen LogP contribution in [0.3, 0.4) is 0 Å². The zero-order valence-electron chi connectivity index (χ0n) is 15.3. The maximum absolute atomic E-state index is 12.8. The van der Waals surface area contributed by atoms with Crippen LogP contribution in [-0.2, 0) is 14.6 Å². The molecule has 0 aromatic heterocycles. The van der Waals surface area contributed by atoms with Crippen molar-refractivity contribution in [1.82, 2.24) is 0 Å². The Kier molecular flexibility index (Phi) is 6.61. The third-order valence-electron chi connectivity index (χ3n) is 4.24. The van der Waals surface area contributed by atoms with Gasteiger partial charge in [-0.3, -0.25) is 9.59 Å². The summed E-state index contributed by atoms with van der Waals surface area (Å²) in [5.41, 5.74) is 1.15. The Hall–Kier alpha value is -2.77. The Bertz CT molecular complexity index is 1130. The van der Waals surface area contributed by atoms with Gasteiger partial charge in [-0.2, -0.15) is 0 Å². The Morgan fingerprint density at radius 1 is 0.862 bits per heavy atom. The second-order valence-corrected chi connectivity index (χ2v) is 9.34. The van der Waals surface area contributed by atoms with Crippen molar-refractivity contribution in [3.8, 4) is 0 Å². The van der Waals surface area contributed by atoms with Gasteiger partial charge >= 0.3 is 0 Å². The van der Waals surface area contributed by atoms with Gasteiger partial charge in [0.05, 0.1) is 16.3 Å². The summed E-state index contributed by atoms with van der Waals surface area (Å²) in [5.74, 6) is -1.03. The largest absolute Gasteiger partial charge is 0.325 e. The van der Waals surface area contributed by atoms with Crippen molar-refractivity contribution in [3.63, 3.8) is 0 Å². The first-order valence-corrected chi connectivity index (χ1v) is 11.3. The lowest BCUT2D eigenvalue weighted by Crippen LogP contribution is -2.19. The monoisotopic (exact) mass is 471 g/mol. The van der Waals surface area contributed by atoms with E-state index >= 15 is 0 Å². The van der Waals surface area contributed by atoms with Crippen LogP contribution in [0.4, 0.5) is 5.69 Å². The van der Waals surface area contributed by atoms with E-state index in [1.807, 2.05) is 6.07 Å². The van der Waals surface area contributed by atoms with Gasteiger partial charge in [-0.05, 0) is 30.3 Å². The lowest BCUT2D eigenvalue weighted by Gasteiger charge is -2.11. The molecule has 148 valence electrons. The maximum Gasteiger partial charge on any atom is 0.225 e. The number of rotatable bonds is 7. The molecule has 5 nitrogen and oxygen atoms in total. The number of amides is 1. The van der Waals surface area contributed by atoms with Crippen LogP contribution in [0, 0.1) is 0 Å². The van der Waals surface area contributed by atoms with Crippen LogP contribution in [0.15, 0.2) is 88.2 Å². The predicted molar refractivity (Wildman–Crippen MR) is 116 cm³/mol. The molecule has 0 saturated heterocycles. The predicted octanol–water partition coefficient (Wildman–Crippen LogP) is 4.48. The highest BCUT2D eigenvalue weighted by molar-refractivity contribution is 9.10. The first-order valence-electron chi connectivity index (χ1n) is 8.84. The van der Waals surface area contributed by atoms with Gasteiger partial charge in [-0.15, -0.1) is 0 Å². The first-order chi connectivity index (χ1) is 13.9. The van der Waals surface area contributed by atoms with Gasteiger partial charge in [-0.25, -0.2) is 8.42 Å². The van der Waals surface area contributed by atoms with E-state index in [0.717, 1.165) is 0 Å². The molecular formula is C22H18BrNO4S. The molecule has 0 spiro atoms. The fourth-order valence-electron chi connectivity index (χ4n) is 2.74. The molecule has 0 fully saturated rings. The minimum absolute atomic E-state index is 0.177. The summed E-state index contributed by atoms with van der Waals surface area (Å²) >= 11 is 3.34. The highest BCUT2D eigenvalue weighted by Gasteiger charge is 2.19. The summed E-state index contributed by atoms with van der Waals surface area (Å²) in [6.45, 7) is 0. The number of carbonyl (C=O) groups is 2. The van der Waals surface area contributed by atoms with Gasteiger partial charge in [0.2, 0.25) is 5.91 Å². The molecule has 29 heavy (non-hydrogen) atoms. The van der Waals surface area contributed by atoms with E-state index in [4.69, 9.17) is 0 Å². The van der Waals surface area contributed by atoms with Crippen LogP contribution in [0.5, 0.6) is 0 Å². The quantitative estimate of drug-likeness (QED) is 0.515. The lowest BCUT2D eigenvalue weighted by molar-refractivity contribution is -0.115. The van der Waals surface area contributed by atoms with E-state index in [2.05, 4.69) is 21.2 Å². The number of anilines is 1. The van der Waals surface area contributed by atoms with E-state index in [0.29, 0.717) is 21.3 Å². The van der Waals surface area contributed by atoms with E-state index in [9.17, 15) is 18.0 Å². The molecule has 0 bridgehead atoms. The lowest BCUT2D eigenvalue weighted by atomic mass is 10.0. The Labute approximate surface area is 177 Å². The Morgan fingerprint density at radius 2 is 1.48 bits per heavy atom. The minimum Gasteiger partial charge on any atom is -0.325 e. The van der Waals surface area contributed by atoms with Crippen LogP contribution in [-0.4, -0.2) is 25.9 Å². The van der Waals surface area contributed by atoms with Gasteiger partial charge in [0.1, 0.15) is 0 Å². The second kappa shape index (κ2) is 9.15. The molecule has 3 aromatic carbocycles. The zero-order valence-corrected chi connectivity index (χ0v) is 17.7. The smallest absolute Gasteiger partial charge is 0.225 e. The SMILES string of the molecule is O=C(CCS(=O)(=O)c1ccccc1)Nc1ccc(Br)cc1C(=O)c1ccccc1. The van der Waals surface area contributed by atoms with E-state index < -0.39 is 15.7 Å². The number of ketones is 1. The number of benzene rings is 3. The summed E-state index contributed by atoms with van der Waals surface area (Å²) < 4.78 is 25.4. The average Bonchev–Trinajstić information content (AvgIpc) is 2.74. The number of hydrogen-bond donors (Lipinski definition) is 1. The van der Waals surface area contributed by atoms with Crippen LogP contribution < -0.4 is 5.32 Å². The number of halogens is 1. The topological polar surface area (TPSA) is 80.3 Å². The number of nitrogens with one attached hydrogen (secondary N) is 1. The van der Waals surface area contributed by atoms with Gasteiger partial charge < -0.3 is 5.32 Å². The van der Waals surface area contributed by atoms with E-state index in [1.54, 1.807) is 60.7 Å². The first kappa shape index (κ1) is 21.0. The molecule has 0 aliphatic carbocycles. The minimum atomic E-state index is -3.56. The fourth-order valence-corrected chi connectivity index (χ4v) is 4.37. The highest BCUT2D eigenvalue weighted by Crippen LogP contribution is 2.24. The van der Waals surface area contributed by atoms with Crippen molar-refractivity contribution < 1.29 is 18.0 Å². The van der Waals surface area contributed by atoms with Crippen molar-refractivity contribution in [2.24, 2.45) is 0 Å². The molecule has 3 rings (SSSR count). The van der Waals surface area contributed by atoms with Crippen LogP contribution in [0.25, 0.3) is 0 Å². The molecule has 0 radical (unpaired) electrons. The van der Waals surface area contributed by atoms with Crippen molar-refractivity contribution in [2.75, 3.05) is 11.1 Å². The normalized spacial score (nSPS) is 11.1. The average molecular weight is 472 g/mol. The molecule has 0 aliphatic heterocycles. The second-order valence-electron chi connectivity index (χ2n) is 6.32. The highest BCUT2D eigenvalue weighted by atomic mass is 79.9. The molecule has 3 aromatic rings. The Morgan fingerprint density at radius 3 is 2.14 bits per heavy atom. The molecular weight excluding hydrogens is 454 g/mol. The summed E-state index contributed by atoms with van der Waals surface area (Å²) in [5, 5.41) is 2.67. The van der Waals surface area contributed by atoms with Crippen LogP contribution >= 0.6 is 15.9 Å². The summed E-state index contributed by atoms with van der Waals surface area (Å²) in [7, 11) is -3.56. The molecule has 1 N–H and O–H groups in total. The molecule has 0 saturated carbocycles. The molecule has 0 heterocycles. The van der Waals surface area contributed by atoms with Crippen molar-refractivity contribution in [1.29, 1.82) is 0 Å². The Balaban J connectivity index is 1.75. The van der Waals surface area contributed by atoms with Crippen molar-refractivity contribution >= 4 is 43.1 Å². The number of hydrogen-bond acceptors (Lipinski definition) is 4. The van der Waals surface area contributed by atoms with Gasteiger partial charge in [0.25, 0.3) is 0 Å². The van der Waals surface area contributed by atoms with E-state index in [1.165, 1.54) is 12.1 Å². The molecule has 0 atom stereocenters. The third kappa shape index (κ3) is 5.40. The van der Waals surface area contributed by atoms with Gasteiger partial charge in [-0.1, -0.05) is 64.5 Å². The zero-order chi connectivity index (χ0) is 20.9. The van der Waals surface area contributed by atoms with Crippen LogP contribution in [0.1, 0.15) is 22.3 Å². The van der Waals surface area contributed by atoms with E-state index in [-0.39, 0.29) is 22.9 Å². The van der Waals surface area contributed by atoms with Gasteiger partial charge in [0.15, 0.2) is 15.6 Å². The van der Waals surface area contributed by atoms with Crippen molar-refractivity contribution in [3.05, 3.63) is 94.5 Å². The maximum atomic E-state index is 12.8. The van der Waals surface area contributed by atoms with Crippen molar-refractivity contribution in [2.45, 2.75) is 11.3 Å². The third-order valence-corrected chi connectivity index (χ3v) is 6.46. The molecule has 1 amide bonds. The summed E-state index contributed by atoms with van der Waals surface area (Å²) in [4.78, 5) is 25.4.